The topological polar surface area (TPSA) is 24.5 Å². The normalized spacial score (nSPS) is 25.2. The molecular weight excluding hydrogens is 152 g/mol. The standard InChI is InChI=1S/C9H16N2O/c1-3-4-10-7-9-8-11(2)5-6-12-9/h1,9-10H,4-8H2,2H3. The van der Waals surface area contributed by atoms with Crippen LogP contribution in [-0.2, 0) is 4.74 Å². The highest BCUT2D eigenvalue weighted by atomic mass is 16.5. The molecule has 1 unspecified atom stereocenters. The van der Waals surface area contributed by atoms with E-state index in [0.717, 1.165) is 26.2 Å². The van der Waals surface area contributed by atoms with Crippen LogP contribution in [0.15, 0.2) is 0 Å². The lowest BCUT2D eigenvalue weighted by atomic mass is 10.3. The zero-order valence-electron chi connectivity index (χ0n) is 7.55. The van der Waals surface area contributed by atoms with Gasteiger partial charge in [0.25, 0.3) is 0 Å². The molecule has 12 heavy (non-hydrogen) atoms. The maximum atomic E-state index is 5.52. The van der Waals surface area contributed by atoms with Crippen LogP contribution in [0.5, 0.6) is 0 Å². The highest BCUT2D eigenvalue weighted by molar-refractivity contribution is 4.87. The molecule has 1 fully saturated rings. The second kappa shape index (κ2) is 5.15. The third-order valence-electron chi connectivity index (χ3n) is 1.94. The second-order valence-electron chi connectivity index (χ2n) is 3.09. The maximum Gasteiger partial charge on any atom is 0.0826 e. The largest absolute Gasteiger partial charge is 0.374 e. The average molecular weight is 168 g/mol. The van der Waals surface area contributed by atoms with Crippen LogP contribution in [0.25, 0.3) is 0 Å². The first-order valence-corrected chi connectivity index (χ1v) is 4.27. The van der Waals surface area contributed by atoms with Crippen molar-refractivity contribution in [3.63, 3.8) is 0 Å². The first-order valence-electron chi connectivity index (χ1n) is 4.27. The predicted octanol–water partition coefficient (Wildman–Crippen LogP) is -0.460. The summed E-state index contributed by atoms with van der Waals surface area (Å²) in [5.74, 6) is 2.54. The molecule has 1 saturated heterocycles. The summed E-state index contributed by atoms with van der Waals surface area (Å²) in [6, 6.07) is 0. The van der Waals surface area contributed by atoms with E-state index in [0.29, 0.717) is 12.6 Å². The molecule has 1 atom stereocenters. The van der Waals surface area contributed by atoms with Crippen molar-refractivity contribution in [3.8, 4) is 12.3 Å². The number of ether oxygens (including phenoxy) is 1. The Kier molecular flexibility index (Phi) is 4.09. The van der Waals surface area contributed by atoms with Gasteiger partial charge in [-0.25, -0.2) is 0 Å². The van der Waals surface area contributed by atoms with Crippen molar-refractivity contribution in [2.24, 2.45) is 0 Å². The Labute approximate surface area is 74.1 Å². The van der Waals surface area contributed by atoms with Crippen molar-refractivity contribution in [1.29, 1.82) is 0 Å². The lowest BCUT2D eigenvalue weighted by Crippen LogP contribution is -2.44. The third kappa shape index (κ3) is 3.22. The SMILES string of the molecule is C#CCNCC1CN(C)CCO1. The van der Waals surface area contributed by atoms with Crippen LogP contribution in [-0.4, -0.2) is 50.8 Å². The summed E-state index contributed by atoms with van der Waals surface area (Å²) in [6.45, 7) is 4.35. The summed E-state index contributed by atoms with van der Waals surface area (Å²) >= 11 is 0. The number of morpholine rings is 1. The first kappa shape index (κ1) is 9.53. The Morgan fingerprint density at radius 2 is 2.58 bits per heavy atom. The van der Waals surface area contributed by atoms with E-state index in [1.165, 1.54) is 0 Å². The summed E-state index contributed by atoms with van der Waals surface area (Å²) in [5, 5.41) is 3.14. The van der Waals surface area contributed by atoms with Crippen LogP contribution >= 0.6 is 0 Å². The molecule has 3 nitrogen and oxygen atoms in total. The van der Waals surface area contributed by atoms with E-state index in [1.807, 2.05) is 0 Å². The molecule has 1 rings (SSSR count). The van der Waals surface area contributed by atoms with Crippen LogP contribution in [0.1, 0.15) is 0 Å². The third-order valence-corrected chi connectivity index (χ3v) is 1.94. The average Bonchev–Trinajstić information content (AvgIpc) is 2.05. The smallest absolute Gasteiger partial charge is 0.0826 e. The van der Waals surface area contributed by atoms with E-state index < -0.39 is 0 Å². The van der Waals surface area contributed by atoms with Crippen LogP contribution in [0, 0.1) is 12.3 Å². The van der Waals surface area contributed by atoms with Gasteiger partial charge in [-0.05, 0) is 7.05 Å². The molecule has 68 valence electrons. The van der Waals surface area contributed by atoms with Gasteiger partial charge < -0.3 is 15.0 Å². The van der Waals surface area contributed by atoms with Crippen LogP contribution < -0.4 is 5.32 Å². The van der Waals surface area contributed by atoms with Gasteiger partial charge in [0, 0.05) is 19.6 Å². The molecule has 1 aliphatic rings. The number of rotatable bonds is 3. The zero-order chi connectivity index (χ0) is 8.81. The molecule has 3 heteroatoms. The zero-order valence-corrected chi connectivity index (χ0v) is 7.55. The maximum absolute atomic E-state index is 5.52. The highest BCUT2D eigenvalue weighted by Gasteiger charge is 2.16. The number of likely N-dealkylation sites (N-methyl/N-ethyl adjacent to an activating group) is 1. The summed E-state index contributed by atoms with van der Waals surface area (Å²) in [4.78, 5) is 2.27. The van der Waals surface area contributed by atoms with Crippen molar-refractivity contribution >= 4 is 0 Å². The van der Waals surface area contributed by atoms with E-state index in [-0.39, 0.29) is 0 Å². The molecule has 0 radical (unpaired) electrons. The van der Waals surface area contributed by atoms with Gasteiger partial charge in [-0.2, -0.15) is 0 Å². The molecule has 0 spiro atoms. The molecule has 1 heterocycles. The van der Waals surface area contributed by atoms with Crippen LogP contribution in [0.2, 0.25) is 0 Å². The van der Waals surface area contributed by atoms with Gasteiger partial charge in [0.05, 0.1) is 19.3 Å². The van der Waals surface area contributed by atoms with Crippen LogP contribution in [0.4, 0.5) is 0 Å². The lowest BCUT2D eigenvalue weighted by molar-refractivity contribution is -0.0175. The molecule has 0 aromatic rings. The molecule has 0 saturated carbocycles. The first-order chi connectivity index (χ1) is 5.83. The van der Waals surface area contributed by atoms with E-state index >= 15 is 0 Å². The second-order valence-corrected chi connectivity index (χ2v) is 3.09. The summed E-state index contributed by atoms with van der Waals surface area (Å²) in [7, 11) is 2.11. The Morgan fingerprint density at radius 1 is 1.75 bits per heavy atom. The molecule has 1 aliphatic heterocycles. The lowest BCUT2D eigenvalue weighted by Gasteiger charge is -2.29. The van der Waals surface area contributed by atoms with Gasteiger partial charge in [-0.15, -0.1) is 6.42 Å². The molecule has 0 aromatic carbocycles. The fourth-order valence-corrected chi connectivity index (χ4v) is 1.30. The molecule has 0 bridgehead atoms. The Bertz CT molecular complexity index is 164. The van der Waals surface area contributed by atoms with E-state index in [1.54, 1.807) is 0 Å². The Balaban J connectivity index is 2.11. The Morgan fingerprint density at radius 3 is 3.25 bits per heavy atom. The number of hydrogen-bond donors (Lipinski definition) is 1. The van der Waals surface area contributed by atoms with Crippen LogP contribution in [0.3, 0.4) is 0 Å². The minimum Gasteiger partial charge on any atom is -0.374 e. The van der Waals surface area contributed by atoms with Gasteiger partial charge in [-0.1, -0.05) is 5.92 Å². The molecule has 0 amide bonds. The van der Waals surface area contributed by atoms with Gasteiger partial charge in [0.15, 0.2) is 0 Å². The summed E-state index contributed by atoms with van der Waals surface area (Å²) in [6.07, 6.45) is 5.41. The minimum absolute atomic E-state index is 0.303. The van der Waals surface area contributed by atoms with Crippen molar-refractivity contribution < 1.29 is 4.74 Å². The van der Waals surface area contributed by atoms with Crippen molar-refractivity contribution in [1.82, 2.24) is 10.2 Å². The van der Waals surface area contributed by atoms with Gasteiger partial charge in [0.2, 0.25) is 0 Å². The molecule has 0 aliphatic carbocycles. The highest BCUT2D eigenvalue weighted by Crippen LogP contribution is 2.00. The number of hydrogen-bond acceptors (Lipinski definition) is 3. The van der Waals surface area contributed by atoms with Crippen molar-refractivity contribution in [2.75, 3.05) is 39.8 Å². The molecule has 0 aromatic heterocycles. The van der Waals surface area contributed by atoms with E-state index in [9.17, 15) is 0 Å². The summed E-state index contributed by atoms with van der Waals surface area (Å²) in [5.41, 5.74) is 0. The quantitative estimate of drug-likeness (QED) is 0.456. The number of terminal acetylenes is 1. The minimum atomic E-state index is 0.303. The fourth-order valence-electron chi connectivity index (χ4n) is 1.30. The van der Waals surface area contributed by atoms with E-state index in [2.05, 4.69) is 23.2 Å². The Hall–Kier alpha value is -0.560. The number of nitrogens with one attached hydrogen (secondary N) is 1. The van der Waals surface area contributed by atoms with E-state index in [4.69, 9.17) is 11.2 Å². The monoisotopic (exact) mass is 168 g/mol. The summed E-state index contributed by atoms with van der Waals surface area (Å²) < 4.78 is 5.52. The van der Waals surface area contributed by atoms with Gasteiger partial charge >= 0.3 is 0 Å². The van der Waals surface area contributed by atoms with Crippen molar-refractivity contribution in [3.05, 3.63) is 0 Å². The van der Waals surface area contributed by atoms with Gasteiger partial charge in [-0.3, -0.25) is 0 Å². The fraction of sp³-hybridized carbons (Fsp3) is 0.778. The number of nitrogens with zero attached hydrogens (tertiary/aromatic N) is 1. The van der Waals surface area contributed by atoms with Crippen molar-refractivity contribution in [2.45, 2.75) is 6.10 Å². The molecule has 1 N–H and O–H groups in total. The molecular formula is C9H16N2O. The predicted molar refractivity (Wildman–Crippen MR) is 48.9 cm³/mol. The van der Waals surface area contributed by atoms with Gasteiger partial charge in [0.1, 0.15) is 0 Å².